The molecule has 2 unspecified atom stereocenters. The molecule has 0 saturated carbocycles. The van der Waals surface area contributed by atoms with E-state index in [1.807, 2.05) is 13.8 Å². The Kier molecular flexibility index (Phi) is 9.69. The molecule has 1 rings (SSSR count). The Bertz CT molecular complexity index is 459. The molecule has 0 radical (unpaired) electrons. The first-order chi connectivity index (χ1) is 9.93. The van der Waals surface area contributed by atoms with Crippen molar-refractivity contribution in [2.45, 2.75) is 51.8 Å². The molecule has 4 nitrogen and oxygen atoms in total. The molecular weight excluding hydrogens is 314 g/mol. The number of alkyl halides is 2. The van der Waals surface area contributed by atoms with E-state index in [1.165, 1.54) is 6.07 Å². The molecule has 0 spiro atoms. The van der Waals surface area contributed by atoms with Crippen molar-refractivity contribution in [3.05, 3.63) is 29.8 Å². The second-order valence-electron chi connectivity index (χ2n) is 4.96. The number of halogens is 3. The van der Waals surface area contributed by atoms with Gasteiger partial charge in [0.05, 0.1) is 6.04 Å². The monoisotopic (exact) mass is 336 g/mol. The van der Waals surface area contributed by atoms with Crippen LogP contribution < -0.4 is 15.8 Å². The summed E-state index contributed by atoms with van der Waals surface area (Å²) in [6.45, 7) is 0.809. The van der Waals surface area contributed by atoms with Gasteiger partial charge in [-0.05, 0) is 25.8 Å². The number of ether oxygens (including phenoxy) is 1. The van der Waals surface area contributed by atoms with Crippen molar-refractivity contribution in [2.75, 3.05) is 0 Å². The van der Waals surface area contributed by atoms with Crippen LogP contribution in [0.25, 0.3) is 0 Å². The van der Waals surface area contributed by atoms with Crippen molar-refractivity contribution in [1.29, 1.82) is 0 Å². The molecule has 0 heterocycles. The van der Waals surface area contributed by atoms with E-state index in [2.05, 4.69) is 10.1 Å². The first kappa shape index (κ1) is 20.6. The minimum atomic E-state index is -2.89. The summed E-state index contributed by atoms with van der Waals surface area (Å²) in [6.07, 6.45) is 1.47. The maximum atomic E-state index is 12.4. The van der Waals surface area contributed by atoms with E-state index in [4.69, 9.17) is 5.73 Å². The Morgan fingerprint density at radius 2 is 2.00 bits per heavy atom. The molecule has 1 aromatic carbocycles. The minimum Gasteiger partial charge on any atom is -0.434 e. The van der Waals surface area contributed by atoms with Crippen molar-refractivity contribution in [3.63, 3.8) is 0 Å². The third-order valence-corrected chi connectivity index (χ3v) is 3.08. The van der Waals surface area contributed by atoms with Gasteiger partial charge in [-0.3, -0.25) is 4.79 Å². The molecule has 3 N–H and O–H groups in total. The lowest BCUT2D eigenvalue weighted by Gasteiger charge is -2.20. The normalized spacial score (nSPS) is 13.2. The summed E-state index contributed by atoms with van der Waals surface area (Å²) in [5.41, 5.74) is 6.16. The second-order valence-corrected chi connectivity index (χ2v) is 4.96. The van der Waals surface area contributed by atoms with Gasteiger partial charge in [-0.2, -0.15) is 8.78 Å². The number of carbonyl (C=O) groups excluding carboxylic acids is 1. The minimum absolute atomic E-state index is 0. The number of amides is 1. The maximum Gasteiger partial charge on any atom is 0.387 e. The van der Waals surface area contributed by atoms with Crippen LogP contribution in [0.4, 0.5) is 8.78 Å². The fourth-order valence-electron chi connectivity index (χ4n) is 2.00. The van der Waals surface area contributed by atoms with Crippen LogP contribution in [0, 0.1) is 0 Å². The Hall–Kier alpha value is -1.40. The van der Waals surface area contributed by atoms with Crippen LogP contribution in [0.2, 0.25) is 0 Å². The molecule has 0 aliphatic rings. The van der Waals surface area contributed by atoms with Gasteiger partial charge in [-0.25, -0.2) is 0 Å². The smallest absolute Gasteiger partial charge is 0.387 e. The van der Waals surface area contributed by atoms with Gasteiger partial charge < -0.3 is 15.8 Å². The zero-order valence-electron chi connectivity index (χ0n) is 12.7. The van der Waals surface area contributed by atoms with E-state index in [-0.39, 0.29) is 36.1 Å². The molecule has 0 fully saturated rings. The summed E-state index contributed by atoms with van der Waals surface area (Å²) in [6, 6.07) is 6.08. The summed E-state index contributed by atoms with van der Waals surface area (Å²) in [4.78, 5) is 11.9. The van der Waals surface area contributed by atoms with E-state index in [0.29, 0.717) is 24.8 Å². The highest BCUT2D eigenvalue weighted by atomic mass is 35.5. The summed E-state index contributed by atoms with van der Waals surface area (Å²) in [5.74, 6) is -0.0576. The quantitative estimate of drug-likeness (QED) is 0.764. The summed E-state index contributed by atoms with van der Waals surface area (Å²) < 4.78 is 29.3. The van der Waals surface area contributed by atoms with E-state index in [1.54, 1.807) is 18.2 Å². The molecule has 22 heavy (non-hydrogen) atoms. The second kappa shape index (κ2) is 10.3. The Morgan fingerprint density at radius 3 is 2.55 bits per heavy atom. The number of benzene rings is 1. The summed E-state index contributed by atoms with van der Waals surface area (Å²) in [5, 5.41) is 2.83. The number of para-hydroxylation sites is 1. The largest absolute Gasteiger partial charge is 0.434 e. The number of hydrogen-bond donors (Lipinski definition) is 2. The van der Waals surface area contributed by atoms with Gasteiger partial charge in [-0.1, -0.05) is 25.1 Å². The standard InChI is InChI=1S/C15H22F2N2O2.ClH/c1-3-12(19-14(20)9-8-10(2)18)11-6-4-5-7-13(11)21-15(16)17;/h4-7,10,12,15H,3,8-9,18H2,1-2H3,(H,19,20);1H. The zero-order valence-corrected chi connectivity index (χ0v) is 13.5. The molecule has 0 bridgehead atoms. The number of nitrogens with two attached hydrogens (primary N) is 1. The van der Waals surface area contributed by atoms with Gasteiger partial charge in [0, 0.05) is 18.0 Å². The SMILES string of the molecule is CCC(NC(=O)CCC(C)N)c1ccccc1OC(F)F.Cl. The Balaban J connectivity index is 0.00000441. The molecule has 0 aromatic heterocycles. The predicted octanol–water partition coefficient (Wildman–Crippen LogP) is 3.40. The lowest BCUT2D eigenvalue weighted by Crippen LogP contribution is -2.30. The van der Waals surface area contributed by atoms with Crippen LogP contribution in [0.5, 0.6) is 5.75 Å². The summed E-state index contributed by atoms with van der Waals surface area (Å²) >= 11 is 0. The van der Waals surface area contributed by atoms with E-state index < -0.39 is 6.61 Å². The highest BCUT2D eigenvalue weighted by Gasteiger charge is 2.18. The molecule has 7 heteroatoms. The summed E-state index contributed by atoms with van der Waals surface area (Å²) in [7, 11) is 0. The Morgan fingerprint density at radius 1 is 1.36 bits per heavy atom. The third-order valence-electron chi connectivity index (χ3n) is 3.08. The average Bonchev–Trinajstić information content (AvgIpc) is 2.42. The third kappa shape index (κ3) is 7.04. The van der Waals surface area contributed by atoms with Crippen molar-refractivity contribution in [1.82, 2.24) is 5.32 Å². The maximum absolute atomic E-state index is 12.4. The van der Waals surface area contributed by atoms with Crippen molar-refractivity contribution >= 4 is 18.3 Å². The molecule has 0 aliphatic carbocycles. The zero-order chi connectivity index (χ0) is 15.8. The van der Waals surface area contributed by atoms with E-state index in [0.717, 1.165) is 0 Å². The van der Waals surface area contributed by atoms with Crippen molar-refractivity contribution in [3.8, 4) is 5.75 Å². The van der Waals surface area contributed by atoms with Gasteiger partial charge in [0.1, 0.15) is 5.75 Å². The van der Waals surface area contributed by atoms with Gasteiger partial charge in [0.2, 0.25) is 5.91 Å². The average molecular weight is 337 g/mol. The Labute approximate surface area is 135 Å². The first-order valence-corrected chi connectivity index (χ1v) is 7.02. The molecule has 2 atom stereocenters. The molecule has 1 aromatic rings. The number of carbonyl (C=O) groups is 1. The topological polar surface area (TPSA) is 64.4 Å². The van der Waals surface area contributed by atoms with Gasteiger partial charge in [-0.15, -0.1) is 12.4 Å². The first-order valence-electron chi connectivity index (χ1n) is 7.02. The van der Waals surface area contributed by atoms with E-state index in [9.17, 15) is 13.6 Å². The highest BCUT2D eigenvalue weighted by Crippen LogP contribution is 2.28. The van der Waals surface area contributed by atoms with Crippen LogP contribution in [0.3, 0.4) is 0 Å². The van der Waals surface area contributed by atoms with Crippen LogP contribution in [0.15, 0.2) is 24.3 Å². The molecule has 1 amide bonds. The molecular formula is C15H23ClF2N2O2. The van der Waals surface area contributed by atoms with Gasteiger partial charge in [0.15, 0.2) is 0 Å². The van der Waals surface area contributed by atoms with Crippen molar-refractivity contribution < 1.29 is 18.3 Å². The van der Waals surface area contributed by atoms with Crippen LogP contribution in [0.1, 0.15) is 44.7 Å². The van der Waals surface area contributed by atoms with Gasteiger partial charge >= 0.3 is 6.61 Å². The number of hydrogen-bond acceptors (Lipinski definition) is 3. The van der Waals surface area contributed by atoms with Crippen LogP contribution in [-0.4, -0.2) is 18.6 Å². The predicted molar refractivity (Wildman–Crippen MR) is 84.4 cm³/mol. The van der Waals surface area contributed by atoms with E-state index >= 15 is 0 Å². The fourth-order valence-corrected chi connectivity index (χ4v) is 2.00. The highest BCUT2D eigenvalue weighted by molar-refractivity contribution is 5.85. The lowest BCUT2D eigenvalue weighted by molar-refractivity contribution is -0.122. The fraction of sp³-hybridized carbons (Fsp3) is 0.533. The van der Waals surface area contributed by atoms with Gasteiger partial charge in [0.25, 0.3) is 0 Å². The van der Waals surface area contributed by atoms with Crippen LogP contribution >= 0.6 is 12.4 Å². The van der Waals surface area contributed by atoms with Crippen molar-refractivity contribution in [2.24, 2.45) is 5.73 Å². The lowest BCUT2D eigenvalue weighted by atomic mass is 10.0. The van der Waals surface area contributed by atoms with Crippen LogP contribution in [-0.2, 0) is 4.79 Å². The number of nitrogens with one attached hydrogen (secondary N) is 1. The molecule has 0 saturated heterocycles. The number of rotatable bonds is 8. The molecule has 126 valence electrons. The molecule has 0 aliphatic heterocycles.